The molecule has 0 unspecified atom stereocenters. The quantitative estimate of drug-likeness (QED) is 0.642. The molecule has 2 rings (SSSR count). The third-order valence-electron chi connectivity index (χ3n) is 2.78. The molecule has 0 aromatic heterocycles. The highest BCUT2D eigenvalue weighted by Gasteiger charge is 2.12. The van der Waals surface area contributed by atoms with Gasteiger partial charge >= 0.3 is 5.97 Å². The Morgan fingerprint density at radius 3 is 2.55 bits per heavy atom. The lowest BCUT2D eigenvalue weighted by Crippen LogP contribution is -2.06. The number of carbonyl (C=O) groups is 1. The summed E-state index contributed by atoms with van der Waals surface area (Å²) in [6.07, 6.45) is 0. The molecule has 0 atom stereocenters. The van der Waals surface area contributed by atoms with E-state index in [1.54, 1.807) is 6.07 Å². The van der Waals surface area contributed by atoms with Gasteiger partial charge in [-0.2, -0.15) is 0 Å². The summed E-state index contributed by atoms with van der Waals surface area (Å²) < 4.78 is 19.4. The molecule has 2 aromatic carbocycles. The van der Waals surface area contributed by atoms with Gasteiger partial charge in [-0.3, -0.25) is 0 Å². The molecular formula is C15H13FINO2. The number of esters is 1. The second-order valence-electron chi connectivity index (χ2n) is 4.17. The monoisotopic (exact) mass is 385 g/mol. The second kappa shape index (κ2) is 6.69. The maximum absolute atomic E-state index is 13.7. The lowest BCUT2D eigenvalue weighted by molar-refractivity contribution is 0.0595. The average molecular weight is 385 g/mol. The van der Waals surface area contributed by atoms with E-state index < -0.39 is 11.8 Å². The Kier molecular flexibility index (Phi) is 4.94. The Morgan fingerprint density at radius 1 is 1.25 bits per heavy atom. The van der Waals surface area contributed by atoms with Crippen LogP contribution in [0.4, 0.5) is 10.1 Å². The van der Waals surface area contributed by atoms with Crippen molar-refractivity contribution in [1.82, 2.24) is 0 Å². The van der Waals surface area contributed by atoms with E-state index >= 15 is 0 Å². The highest BCUT2D eigenvalue weighted by molar-refractivity contribution is 14.1. The normalized spacial score (nSPS) is 10.2. The summed E-state index contributed by atoms with van der Waals surface area (Å²) in [5.74, 6) is -1.24. The fourth-order valence-electron chi connectivity index (χ4n) is 1.72. The van der Waals surface area contributed by atoms with Gasteiger partial charge < -0.3 is 10.1 Å². The number of carbonyl (C=O) groups excluding carboxylic acids is 1. The molecule has 0 bridgehead atoms. The summed E-state index contributed by atoms with van der Waals surface area (Å²) in [5.41, 5.74) is 1.67. The van der Waals surface area contributed by atoms with Crippen molar-refractivity contribution < 1.29 is 13.9 Å². The molecule has 0 fully saturated rings. The van der Waals surface area contributed by atoms with Crippen molar-refractivity contribution in [2.24, 2.45) is 0 Å². The first-order valence-corrected chi connectivity index (χ1v) is 7.04. The molecule has 0 amide bonds. The van der Waals surface area contributed by atoms with Crippen LogP contribution in [0.2, 0.25) is 0 Å². The van der Waals surface area contributed by atoms with Gasteiger partial charge in [0.15, 0.2) is 0 Å². The molecule has 104 valence electrons. The Balaban J connectivity index is 2.05. The van der Waals surface area contributed by atoms with Crippen molar-refractivity contribution in [3.05, 3.63) is 63.0 Å². The number of ether oxygens (including phenoxy) is 1. The fraction of sp³-hybridized carbons (Fsp3) is 0.133. The van der Waals surface area contributed by atoms with Crippen molar-refractivity contribution in [2.45, 2.75) is 6.54 Å². The van der Waals surface area contributed by atoms with Crippen LogP contribution < -0.4 is 5.32 Å². The number of halogens is 2. The predicted octanol–water partition coefficient (Wildman–Crippen LogP) is 3.83. The van der Waals surface area contributed by atoms with Crippen molar-refractivity contribution in [3.63, 3.8) is 0 Å². The van der Waals surface area contributed by atoms with E-state index in [9.17, 15) is 9.18 Å². The molecule has 1 N–H and O–H groups in total. The third kappa shape index (κ3) is 3.69. The zero-order chi connectivity index (χ0) is 14.5. The van der Waals surface area contributed by atoms with Crippen LogP contribution in [0.25, 0.3) is 0 Å². The molecule has 0 aliphatic heterocycles. The van der Waals surface area contributed by atoms with E-state index in [2.05, 4.69) is 32.6 Å². The summed E-state index contributed by atoms with van der Waals surface area (Å²) >= 11 is 2.23. The van der Waals surface area contributed by atoms with Crippen LogP contribution in [0, 0.1) is 9.39 Å². The highest BCUT2D eigenvalue weighted by atomic mass is 127. The Labute approximate surface area is 130 Å². The molecule has 0 aliphatic carbocycles. The molecule has 20 heavy (non-hydrogen) atoms. The van der Waals surface area contributed by atoms with E-state index in [4.69, 9.17) is 0 Å². The van der Waals surface area contributed by atoms with Crippen LogP contribution in [-0.2, 0) is 11.3 Å². The number of hydrogen-bond acceptors (Lipinski definition) is 3. The molecule has 0 radical (unpaired) electrons. The number of anilines is 1. The van der Waals surface area contributed by atoms with Crippen LogP contribution in [-0.4, -0.2) is 13.1 Å². The maximum Gasteiger partial charge on any atom is 0.340 e. The highest BCUT2D eigenvalue weighted by Crippen LogP contribution is 2.15. The summed E-state index contributed by atoms with van der Waals surface area (Å²) in [6, 6.07) is 12.4. The van der Waals surface area contributed by atoms with Crippen LogP contribution in [0.5, 0.6) is 0 Å². The molecule has 0 saturated heterocycles. The number of hydrogen-bond donors (Lipinski definition) is 1. The number of methoxy groups -OCH3 is 1. The molecule has 5 heteroatoms. The van der Waals surface area contributed by atoms with Gasteiger partial charge in [0.1, 0.15) is 5.82 Å². The van der Waals surface area contributed by atoms with E-state index in [0.29, 0.717) is 6.54 Å². The van der Waals surface area contributed by atoms with Crippen molar-refractivity contribution >= 4 is 34.2 Å². The maximum atomic E-state index is 13.7. The van der Waals surface area contributed by atoms with Crippen molar-refractivity contribution in [1.29, 1.82) is 0 Å². The Morgan fingerprint density at radius 2 is 1.95 bits per heavy atom. The first-order valence-electron chi connectivity index (χ1n) is 5.96. The SMILES string of the molecule is COC(=O)c1ccc(CNc2ccc(I)cc2)cc1F. The zero-order valence-corrected chi connectivity index (χ0v) is 13.0. The van der Waals surface area contributed by atoms with Gasteiger partial charge in [0.05, 0.1) is 12.7 Å². The lowest BCUT2D eigenvalue weighted by atomic mass is 10.1. The zero-order valence-electron chi connectivity index (χ0n) is 10.8. The summed E-state index contributed by atoms with van der Waals surface area (Å²) in [7, 11) is 1.23. The Hall–Kier alpha value is -1.63. The smallest absolute Gasteiger partial charge is 0.340 e. The minimum atomic E-state index is -0.667. The van der Waals surface area contributed by atoms with Crippen LogP contribution in [0.15, 0.2) is 42.5 Å². The molecular weight excluding hydrogens is 372 g/mol. The molecule has 0 heterocycles. The second-order valence-corrected chi connectivity index (χ2v) is 5.41. The first kappa shape index (κ1) is 14.8. The van der Waals surface area contributed by atoms with E-state index in [1.807, 2.05) is 24.3 Å². The predicted molar refractivity (Wildman–Crippen MR) is 84.2 cm³/mol. The largest absolute Gasteiger partial charge is 0.465 e. The van der Waals surface area contributed by atoms with E-state index in [-0.39, 0.29) is 5.56 Å². The lowest BCUT2D eigenvalue weighted by Gasteiger charge is -2.08. The van der Waals surface area contributed by atoms with Gasteiger partial charge in [0.25, 0.3) is 0 Å². The molecule has 3 nitrogen and oxygen atoms in total. The number of benzene rings is 2. The number of nitrogens with one attached hydrogen (secondary N) is 1. The standard InChI is InChI=1S/C15H13FINO2/c1-20-15(19)13-7-2-10(8-14(13)16)9-18-12-5-3-11(17)4-6-12/h2-8,18H,9H2,1H3. The van der Waals surface area contributed by atoms with Crippen LogP contribution in [0.1, 0.15) is 15.9 Å². The van der Waals surface area contributed by atoms with E-state index in [1.165, 1.54) is 19.2 Å². The van der Waals surface area contributed by atoms with E-state index in [0.717, 1.165) is 14.8 Å². The third-order valence-corrected chi connectivity index (χ3v) is 3.50. The van der Waals surface area contributed by atoms with Gasteiger partial charge in [-0.15, -0.1) is 0 Å². The molecule has 2 aromatic rings. The van der Waals surface area contributed by atoms with Gasteiger partial charge in [-0.1, -0.05) is 6.07 Å². The fourth-order valence-corrected chi connectivity index (χ4v) is 2.08. The minimum Gasteiger partial charge on any atom is -0.465 e. The summed E-state index contributed by atoms with van der Waals surface area (Å²) in [6.45, 7) is 0.485. The van der Waals surface area contributed by atoms with Gasteiger partial charge in [0.2, 0.25) is 0 Å². The summed E-state index contributed by atoms with van der Waals surface area (Å²) in [4.78, 5) is 11.3. The number of rotatable bonds is 4. The van der Waals surface area contributed by atoms with Gasteiger partial charge in [-0.25, -0.2) is 9.18 Å². The van der Waals surface area contributed by atoms with Gasteiger partial charge in [-0.05, 0) is 64.6 Å². The Bertz CT molecular complexity index is 614. The summed E-state index contributed by atoms with van der Waals surface area (Å²) in [5, 5.41) is 3.19. The molecule has 0 spiro atoms. The first-order chi connectivity index (χ1) is 9.60. The molecule has 0 aliphatic rings. The van der Waals surface area contributed by atoms with Gasteiger partial charge in [0, 0.05) is 15.8 Å². The van der Waals surface area contributed by atoms with Crippen LogP contribution in [0.3, 0.4) is 0 Å². The minimum absolute atomic E-state index is 0.0504. The van der Waals surface area contributed by atoms with Crippen molar-refractivity contribution in [2.75, 3.05) is 12.4 Å². The van der Waals surface area contributed by atoms with Crippen LogP contribution >= 0.6 is 22.6 Å². The topological polar surface area (TPSA) is 38.3 Å². The van der Waals surface area contributed by atoms with Crippen molar-refractivity contribution in [3.8, 4) is 0 Å². The average Bonchev–Trinajstić information content (AvgIpc) is 2.46. The molecule has 0 saturated carbocycles.